The largest absolute Gasteiger partial charge is 0.312 e. The van der Waals surface area contributed by atoms with E-state index in [9.17, 15) is 0 Å². The van der Waals surface area contributed by atoms with Crippen LogP contribution in [0.5, 0.6) is 0 Å². The highest BCUT2D eigenvalue weighted by molar-refractivity contribution is 7.20. The van der Waals surface area contributed by atoms with Gasteiger partial charge in [-0.2, -0.15) is 0 Å². The van der Waals surface area contributed by atoms with Gasteiger partial charge < -0.3 is 5.32 Å². The van der Waals surface area contributed by atoms with Crippen LogP contribution in [0.25, 0.3) is 9.88 Å². The first-order valence-electron chi connectivity index (χ1n) is 6.25. The Morgan fingerprint density at radius 3 is 3.28 bits per heavy atom. The minimum absolute atomic E-state index is 0.600. The van der Waals surface area contributed by atoms with Crippen LogP contribution < -0.4 is 5.32 Å². The molecule has 1 fully saturated rings. The van der Waals surface area contributed by atoms with E-state index >= 15 is 0 Å². The normalized spacial score (nSPS) is 21.3. The van der Waals surface area contributed by atoms with Gasteiger partial charge in [-0.3, -0.25) is 4.90 Å². The summed E-state index contributed by atoms with van der Waals surface area (Å²) >= 11 is 3.58. The van der Waals surface area contributed by atoms with Crippen molar-refractivity contribution >= 4 is 22.7 Å². The number of hydrogen-bond acceptors (Lipinski definition) is 5. The SMILES string of the molecule is C[C@H]1CN(Cc2cnc(-c3cccs3)s2)CCN1. The van der Waals surface area contributed by atoms with Gasteiger partial charge >= 0.3 is 0 Å². The number of piperazine rings is 1. The average Bonchev–Trinajstić information content (AvgIpc) is 2.98. The van der Waals surface area contributed by atoms with Crippen LogP contribution in [0.3, 0.4) is 0 Å². The van der Waals surface area contributed by atoms with E-state index in [0.717, 1.165) is 31.2 Å². The van der Waals surface area contributed by atoms with Gasteiger partial charge in [0.2, 0.25) is 0 Å². The molecule has 1 saturated heterocycles. The summed E-state index contributed by atoms with van der Waals surface area (Å²) in [7, 11) is 0. The van der Waals surface area contributed by atoms with E-state index in [2.05, 4.69) is 39.6 Å². The van der Waals surface area contributed by atoms with Gasteiger partial charge in [-0.1, -0.05) is 6.07 Å². The van der Waals surface area contributed by atoms with Crippen molar-refractivity contribution in [3.05, 3.63) is 28.6 Å². The summed E-state index contributed by atoms with van der Waals surface area (Å²) in [5, 5.41) is 6.73. The molecule has 96 valence electrons. The zero-order valence-corrected chi connectivity index (χ0v) is 12.1. The lowest BCUT2D eigenvalue weighted by molar-refractivity contribution is 0.201. The van der Waals surface area contributed by atoms with Crippen LogP contribution in [-0.4, -0.2) is 35.6 Å². The molecule has 3 rings (SSSR count). The van der Waals surface area contributed by atoms with Crippen LogP contribution >= 0.6 is 22.7 Å². The van der Waals surface area contributed by atoms with Crippen LogP contribution in [-0.2, 0) is 6.54 Å². The number of nitrogens with zero attached hydrogens (tertiary/aromatic N) is 2. The molecule has 3 heterocycles. The van der Waals surface area contributed by atoms with Crippen LogP contribution in [0.4, 0.5) is 0 Å². The summed E-state index contributed by atoms with van der Waals surface area (Å²) in [5.41, 5.74) is 0. The first-order valence-corrected chi connectivity index (χ1v) is 7.95. The van der Waals surface area contributed by atoms with Crippen molar-refractivity contribution in [1.82, 2.24) is 15.2 Å². The Hall–Kier alpha value is -0.750. The van der Waals surface area contributed by atoms with Gasteiger partial charge in [0.15, 0.2) is 0 Å². The molecule has 0 radical (unpaired) electrons. The third kappa shape index (κ3) is 2.80. The predicted octanol–water partition coefficient (Wildman–Crippen LogP) is 2.67. The van der Waals surface area contributed by atoms with Crippen molar-refractivity contribution in [2.75, 3.05) is 19.6 Å². The lowest BCUT2D eigenvalue weighted by Crippen LogP contribution is -2.48. The number of thiophene rings is 1. The maximum Gasteiger partial charge on any atom is 0.133 e. The van der Waals surface area contributed by atoms with E-state index in [-0.39, 0.29) is 0 Å². The van der Waals surface area contributed by atoms with Gasteiger partial charge in [0.25, 0.3) is 0 Å². The molecule has 5 heteroatoms. The van der Waals surface area contributed by atoms with Gasteiger partial charge in [-0.25, -0.2) is 4.98 Å². The van der Waals surface area contributed by atoms with E-state index < -0.39 is 0 Å². The first kappa shape index (κ1) is 12.3. The second-order valence-corrected chi connectivity index (χ2v) is 6.76. The lowest BCUT2D eigenvalue weighted by Gasteiger charge is -2.31. The monoisotopic (exact) mass is 279 g/mol. The number of thiazole rings is 1. The average molecular weight is 279 g/mol. The van der Waals surface area contributed by atoms with E-state index in [4.69, 9.17) is 0 Å². The summed E-state index contributed by atoms with van der Waals surface area (Å²) in [5.74, 6) is 0. The zero-order valence-electron chi connectivity index (χ0n) is 10.4. The van der Waals surface area contributed by atoms with Crippen LogP contribution in [0.1, 0.15) is 11.8 Å². The molecule has 2 aromatic heterocycles. The van der Waals surface area contributed by atoms with Gasteiger partial charge in [-0.05, 0) is 18.4 Å². The maximum atomic E-state index is 4.53. The lowest BCUT2D eigenvalue weighted by atomic mass is 10.2. The molecule has 0 saturated carbocycles. The number of nitrogens with one attached hydrogen (secondary N) is 1. The fourth-order valence-corrected chi connectivity index (χ4v) is 4.03. The molecule has 0 unspecified atom stereocenters. The topological polar surface area (TPSA) is 28.2 Å². The quantitative estimate of drug-likeness (QED) is 0.936. The van der Waals surface area contributed by atoms with E-state index in [0.29, 0.717) is 6.04 Å². The molecule has 0 spiro atoms. The van der Waals surface area contributed by atoms with Crippen molar-refractivity contribution < 1.29 is 0 Å². The highest BCUT2D eigenvalue weighted by Gasteiger charge is 2.16. The Balaban J connectivity index is 1.66. The molecular formula is C13H17N3S2. The van der Waals surface area contributed by atoms with Crippen molar-refractivity contribution in [3.8, 4) is 9.88 Å². The molecule has 1 atom stereocenters. The molecule has 3 nitrogen and oxygen atoms in total. The van der Waals surface area contributed by atoms with Crippen LogP contribution in [0.2, 0.25) is 0 Å². The Morgan fingerprint density at radius 2 is 2.50 bits per heavy atom. The summed E-state index contributed by atoms with van der Waals surface area (Å²) < 4.78 is 0. The van der Waals surface area contributed by atoms with E-state index in [1.165, 1.54) is 9.75 Å². The fourth-order valence-electron chi connectivity index (χ4n) is 2.27. The van der Waals surface area contributed by atoms with Crippen molar-refractivity contribution in [3.63, 3.8) is 0 Å². The third-order valence-corrected chi connectivity index (χ3v) is 5.14. The Morgan fingerprint density at radius 1 is 1.56 bits per heavy atom. The highest BCUT2D eigenvalue weighted by Crippen LogP contribution is 2.29. The molecule has 0 amide bonds. The third-order valence-electron chi connectivity index (χ3n) is 3.12. The van der Waals surface area contributed by atoms with Crippen molar-refractivity contribution in [1.29, 1.82) is 0 Å². The summed E-state index contributed by atoms with van der Waals surface area (Å²) in [4.78, 5) is 9.68. The second-order valence-electron chi connectivity index (χ2n) is 4.70. The maximum absolute atomic E-state index is 4.53. The summed E-state index contributed by atoms with van der Waals surface area (Å²) in [6.45, 7) is 6.64. The zero-order chi connectivity index (χ0) is 12.4. The Kier molecular flexibility index (Phi) is 3.75. The minimum atomic E-state index is 0.600. The standard InChI is InChI=1S/C13H17N3S2/c1-10-8-16(5-4-14-10)9-11-7-15-13(18-11)12-3-2-6-17-12/h2-3,6-7,10,14H,4-5,8-9H2,1H3/t10-/m0/s1. The number of hydrogen-bond donors (Lipinski definition) is 1. The fraction of sp³-hybridized carbons (Fsp3) is 0.462. The number of aromatic nitrogens is 1. The Bertz CT molecular complexity index is 492. The molecule has 1 N–H and O–H groups in total. The predicted molar refractivity (Wildman–Crippen MR) is 78.2 cm³/mol. The molecule has 2 aromatic rings. The summed E-state index contributed by atoms with van der Waals surface area (Å²) in [6.07, 6.45) is 2.03. The van der Waals surface area contributed by atoms with E-state index in [1.54, 1.807) is 11.3 Å². The molecule has 0 aromatic carbocycles. The minimum Gasteiger partial charge on any atom is -0.312 e. The second kappa shape index (κ2) is 5.48. The summed E-state index contributed by atoms with van der Waals surface area (Å²) in [6, 6.07) is 4.82. The molecule has 1 aliphatic rings. The van der Waals surface area contributed by atoms with Gasteiger partial charge in [0.1, 0.15) is 5.01 Å². The molecule has 18 heavy (non-hydrogen) atoms. The van der Waals surface area contributed by atoms with E-state index in [1.807, 2.05) is 17.5 Å². The van der Waals surface area contributed by atoms with Crippen molar-refractivity contribution in [2.45, 2.75) is 19.5 Å². The molecule has 1 aliphatic heterocycles. The molecule has 0 aliphatic carbocycles. The van der Waals surface area contributed by atoms with Crippen molar-refractivity contribution in [2.24, 2.45) is 0 Å². The van der Waals surface area contributed by atoms with Gasteiger partial charge in [0, 0.05) is 43.3 Å². The van der Waals surface area contributed by atoms with Gasteiger partial charge in [0.05, 0.1) is 4.88 Å². The number of rotatable bonds is 3. The molecular weight excluding hydrogens is 262 g/mol. The molecule has 0 bridgehead atoms. The smallest absolute Gasteiger partial charge is 0.133 e. The van der Waals surface area contributed by atoms with Crippen LogP contribution in [0.15, 0.2) is 23.7 Å². The van der Waals surface area contributed by atoms with Crippen LogP contribution in [0, 0.1) is 0 Å². The van der Waals surface area contributed by atoms with Gasteiger partial charge in [-0.15, -0.1) is 22.7 Å². The Labute approximate surface area is 115 Å². The highest BCUT2D eigenvalue weighted by atomic mass is 32.1. The first-order chi connectivity index (χ1) is 8.81.